The number of guanidine groups is 1. The van der Waals surface area contributed by atoms with Crippen molar-refractivity contribution >= 4 is 5.96 Å². The van der Waals surface area contributed by atoms with Crippen LogP contribution in [0.3, 0.4) is 0 Å². The van der Waals surface area contributed by atoms with E-state index >= 15 is 0 Å². The molecule has 8 heteroatoms. The molecule has 6 nitrogen and oxygen atoms in total. The summed E-state index contributed by atoms with van der Waals surface area (Å²) >= 11 is 0. The molecule has 0 unspecified atom stereocenters. The first-order valence-corrected chi connectivity index (χ1v) is 8.78. The van der Waals surface area contributed by atoms with Crippen molar-refractivity contribution in [3.8, 4) is 11.5 Å². The molecule has 28 heavy (non-hydrogen) atoms. The third-order valence-electron chi connectivity index (χ3n) is 3.69. The fourth-order valence-corrected chi connectivity index (χ4v) is 2.35. The van der Waals surface area contributed by atoms with Crippen LogP contribution >= 0.6 is 0 Å². The molecule has 2 N–H and O–H groups in total. The lowest BCUT2D eigenvalue weighted by atomic mass is 10.2. The van der Waals surface area contributed by atoms with Gasteiger partial charge in [-0.3, -0.25) is 0 Å². The van der Waals surface area contributed by atoms with Gasteiger partial charge in [-0.25, -0.2) is 4.99 Å². The highest BCUT2D eigenvalue weighted by Crippen LogP contribution is 2.26. The Kier molecular flexibility index (Phi) is 8.33. The van der Waals surface area contributed by atoms with Gasteiger partial charge in [0.1, 0.15) is 17.3 Å². The zero-order valence-corrected chi connectivity index (χ0v) is 16.0. The van der Waals surface area contributed by atoms with Gasteiger partial charge in [0.2, 0.25) is 0 Å². The molecular weight excluding hydrogens is 368 g/mol. The fourth-order valence-electron chi connectivity index (χ4n) is 2.35. The van der Waals surface area contributed by atoms with E-state index in [2.05, 4.69) is 26.9 Å². The molecule has 0 amide bonds. The summed E-state index contributed by atoms with van der Waals surface area (Å²) in [5.41, 5.74) is 1.42. The molecule has 152 valence electrons. The molecule has 0 aliphatic rings. The van der Waals surface area contributed by atoms with Gasteiger partial charge in [0, 0.05) is 25.1 Å². The Balaban J connectivity index is 2.09. The Morgan fingerprint density at radius 2 is 2.11 bits per heavy atom. The lowest BCUT2D eigenvalue weighted by Gasteiger charge is -2.14. The van der Waals surface area contributed by atoms with Crippen LogP contribution in [0.1, 0.15) is 18.2 Å². The smallest absolute Gasteiger partial charge is 0.387 e. The second-order valence-electron chi connectivity index (χ2n) is 6.08. The average molecular weight is 393 g/mol. The number of nitrogens with zero attached hydrogens (tertiary/aromatic N) is 1. The van der Waals surface area contributed by atoms with Gasteiger partial charge < -0.3 is 24.5 Å². The molecular formula is C20H25F2N3O3. The van der Waals surface area contributed by atoms with Crippen molar-refractivity contribution in [2.24, 2.45) is 4.99 Å². The van der Waals surface area contributed by atoms with Gasteiger partial charge in [0.25, 0.3) is 0 Å². The largest absolute Gasteiger partial charge is 0.497 e. The highest BCUT2D eigenvalue weighted by atomic mass is 19.3. The molecule has 0 radical (unpaired) electrons. The monoisotopic (exact) mass is 393 g/mol. The zero-order valence-electron chi connectivity index (χ0n) is 16.0. The van der Waals surface area contributed by atoms with Crippen molar-refractivity contribution in [2.45, 2.75) is 26.5 Å². The molecule has 0 fully saturated rings. The van der Waals surface area contributed by atoms with E-state index in [-0.39, 0.29) is 12.3 Å². The number of methoxy groups -OCH3 is 1. The fraction of sp³-hybridized carbons (Fsp3) is 0.350. The van der Waals surface area contributed by atoms with Gasteiger partial charge in [-0.2, -0.15) is 8.78 Å². The topological polar surface area (TPSA) is 68.0 Å². The maximum absolute atomic E-state index is 12.7. The number of furan rings is 1. The van der Waals surface area contributed by atoms with Crippen molar-refractivity contribution in [3.05, 3.63) is 60.1 Å². The summed E-state index contributed by atoms with van der Waals surface area (Å²) in [5, 5.41) is 6.34. The Morgan fingerprint density at radius 1 is 1.29 bits per heavy atom. The van der Waals surface area contributed by atoms with Crippen LogP contribution in [0.4, 0.5) is 8.78 Å². The Hall–Kier alpha value is -3.03. The van der Waals surface area contributed by atoms with E-state index in [1.807, 2.05) is 19.1 Å². The average Bonchev–Trinajstić information content (AvgIpc) is 3.17. The predicted molar refractivity (Wildman–Crippen MR) is 104 cm³/mol. The third-order valence-corrected chi connectivity index (χ3v) is 3.69. The minimum atomic E-state index is -2.91. The number of alkyl halides is 2. The Morgan fingerprint density at radius 3 is 2.75 bits per heavy atom. The summed E-state index contributed by atoms with van der Waals surface area (Å²) in [4.78, 5) is 4.47. The van der Waals surface area contributed by atoms with Gasteiger partial charge in [-0.1, -0.05) is 12.2 Å². The van der Waals surface area contributed by atoms with E-state index in [0.29, 0.717) is 36.8 Å². The molecule has 0 atom stereocenters. The molecule has 2 rings (SSSR count). The summed E-state index contributed by atoms with van der Waals surface area (Å²) in [6.45, 7) is 4.09. The van der Waals surface area contributed by atoms with E-state index < -0.39 is 6.61 Å². The molecule has 1 aromatic heterocycles. The van der Waals surface area contributed by atoms with Crippen molar-refractivity contribution in [3.63, 3.8) is 0 Å². The second-order valence-corrected chi connectivity index (χ2v) is 6.08. The summed E-state index contributed by atoms with van der Waals surface area (Å²) in [7, 11) is 1.51. The molecule has 1 aromatic carbocycles. The number of hydrogen-bond donors (Lipinski definition) is 2. The van der Waals surface area contributed by atoms with Crippen LogP contribution in [0.15, 0.2) is 58.2 Å². The highest BCUT2D eigenvalue weighted by molar-refractivity contribution is 5.80. The standard InChI is InChI=1S/C20H25F2N3O3/c1-14(2)12-24-20(23-9-8-16-5-4-10-27-16)25-13-15-11-17(26-3)6-7-18(15)28-19(21)22/h4-7,10-11,19H,1,8-9,12-13H2,2-3H3,(H2,23,24,25). The van der Waals surface area contributed by atoms with E-state index in [9.17, 15) is 8.78 Å². The lowest BCUT2D eigenvalue weighted by molar-refractivity contribution is -0.0504. The van der Waals surface area contributed by atoms with E-state index in [0.717, 1.165) is 11.3 Å². The first-order chi connectivity index (χ1) is 13.5. The molecule has 1 heterocycles. The van der Waals surface area contributed by atoms with Crippen molar-refractivity contribution in [1.82, 2.24) is 10.6 Å². The molecule has 0 saturated carbocycles. The summed E-state index contributed by atoms with van der Waals surface area (Å²) < 4.78 is 40.4. The van der Waals surface area contributed by atoms with Crippen LogP contribution in [0.2, 0.25) is 0 Å². The third kappa shape index (κ3) is 7.30. The van der Waals surface area contributed by atoms with Crippen molar-refractivity contribution < 1.29 is 22.7 Å². The Bertz CT molecular complexity index is 777. The summed E-state index contributed by atoms with van der Waals surface area (Å²) in [6.07, 6.45) is 2.30. The minimum absolute atomic E-state index is 0.0642. The summed E-state index contributed by atoms with van der Waals surface area (Å²) in [6, 6.07) is 8.36. The van der Waals surface area contributed by atoms with Gasteiger partial charge in [0.05, 0.1) is 19.9 Å². The molecule has 2 aromatic rings. The van der Waals surface area contributed by atoms with Gasteiger partial charge >= 0.3 is 6.61 Å². The van der Waals surface area contributed by atoms with Crippen LogP contribution in [-0.4, -0.2) is 32.8 Å². The number of rotatable bonds is 10. The van der Waals surface area contributed by atoms with E-state index in [4.69, 9.17) is 9.15 Å². The number of ether oxygens (including phenoxy) is 2. The molecule has 0 spiro atoms. The zero-order chi connectivity index (χ0) is 20.4. The normalized spacial score (nSPS) is 11.4. The number of hydrogen-bond acceptors (Lipinski definition) is 4. The second kappa shape index (κ2) is 11.0. The predicted octanol–water partition coefficient (Wildman–Crippen LogP) is 3.74. The first-order valence-electron chi connectivity index (χ1n) is 8.78. The van der Waals surface area contributed by atoms with Crippen molar-refractivity contribution in [1.29, 1.82) is 0 Å². The Labute approximate surface area is 163 Å². The van der Waals surface area contributed by atoms with Gasteiger partial charge in [-0.05, 0) is 37.3 Å². The number of benzene rings is 1. The molecule has 0 aliphatic heterocycles. The van der Waals surface area contributed by atoms with Crippen LogP contribution < -0.4 is 20.1 Å². The van der Waals surface area contributed by atoms with E-state index in [1.54, 1.807) is 18.4 Å². The van der Waals surface area contributed by atoms with Gasteiger partial charge in [0.15, 0.2) is 5.96 Å². The first kappa shape index (κ1) is 21.3. The minimum Gasteiger partial charge on any atom is -0.497 e. The summed E-state index contributed by atoms with van der Waals surface area (Å²) in [5.74, 6) is 1.98. The number of aliphatic imine (C=N–C) groups is 1. The quantitative estimate of drug-likeness (QED) is 0.366. The number of halogens is 2. The molecule has 0 saturated heterocycles. The van der Waals surface area contributed by atoms with Crippen LogP contribution in [-0.2, 0) is 13.0 Å². The maximum atomic E-state index is 12.7. The van der Waals surface area contributed by atoms with Crippen LogP contribution in [0.25, 0.3) is 0 Å². The number of nitrogens with one attached hydrogen (secondary N) is 2. The molecule has 0 bridgehead atoms. The van der Waals surface area contributed by atoms with Crippen molar-refractivity contribution in [2.75, 3.05) is 20.2 Å². The van der Waals surface area contributed by atoms with E-state index in [1.165, 1.54) is 13.2 Å². The van der Waals surface area contributed by atoms with Crippen LogP contribution in [0, 0.1) is 0 Å². The van der Waals surface area contributed by atoms with Crippen LogP contribution in [0.5, 0.6) is 11.5 Å². The maximum Gasteiger partial charge on any atom is 0.387 e. The SMILES string of the molecule is C=C(C)CNC(=NCc1cc(OC)ccc1OC(F)F)NCCc1ccco1. The lowest BCUT2D eigenvalue weighted by Crippen LogP contribution is -2.39. The molecule has 0 aliphatic carbocycles. The highest BCUT2D eigenvalue weighted by Gasteiger charge is 2.11. The van der Waals surface area contributed by atoms with Gasteiger partial charge in [-0.15, -0.1) is 0 Å².